The topological polar surface area (TPSA) is 55.0 Å². The molecule has 2 heterocycles. The van der Waals surface area contributed by atoms with Gasteiger partial charge in [0.1, 0.15) is 0 Å². The van der Waals surface area contributed by atoms with E-state index in [1.165, 1.54) is 0 Å². The number of aryl methyl sites for hydroxylation is 4. The molecule has 4 nitrogen and oxygen atoms in total. The lowest BCUT2D eigenvalue weighted by Crippen LogP contribution is -2.07. The molecule has 6 heteroatoms. The molecule has 0 fully saturated rings. The van der Waals surface area contributed by atoms with E-state index in [-0.39, 0.29) is 11.7 Å². The fraction of sp³-hybridized carbons (Fsp3) is 0.412. The van der Waals surface area contributed by atoms with Crippen LogP contribution in [0.25, 0.3) is 0 Å². The van der Waals surface area contributed by atoms with E-state index in [0.29, 0.717) is 5.88 Å². The van der Waals surface area contributed by atoms with Crippen molar-refractivity contribution < 1.29 is 4.74 Å². The van der Waals surface area contributed by atoms with Crippen molar-refractivity contribution in [2.24, 2.45) is 0 Å². The van der Waals surface area contributed by atoms with Crippen molar-refractivity contribution in [1.82, 2.24) is 9.97 Å². The molecule has 0 spiro atoms. The average Bonchev–Trinajstić information content (AvgIpc) is 2.42. The minimum Gasteiger partial charge on any atom is -0.475 e. The Morgan fingerprint density at radius 3 is 2.09 bits per heavy atom. The standard InChI is InChI=1S/C10H14BrNO.C7H8BrNO/c1-6(2)13-9-5-7(3)10(11)8(4)12-9;1-4-3-6(10)9-5(2)7(4)8/h5-6H,1-4H3;3H,1-2H3,(H,9,10). The van der Waals surface area contributed by atoms with Crippen molar-refractivity contribution in [3.63, 3.8) is 0 Å². The second-order valence-electron chi connectivity index (χ2n) is 5.60. The van der Waals surface area contributed by atoms with E-state index in [4.69, 9.17) is 4.74 Å². The second-order valence-corrected chi connectivity index (χ2v) is 7.18. The summed E-state index contributed by atoms with van der Waals surface area (Å²) in [6, 6.07) is 3.51. The van der Waals surface area contributed by atoms with Gasteiger partial charge in [0.2, 0.25) is 11.4 Å². The number of aromatic nitrogens is 2. The molecule has 0 aromatic carbocycles. The first kappa shape index (κ1) is 19.9. The van der Waals surface area contributed by atoms with E-state index in [1.54, 1.807) is 6.07 Å². The normalized spacial score (nSPS) is 10.3. The number of nitrogens with one attached hydrogen (secondary N) is 1. The van der Waals surface area contributed by atoms with Crippen LogP contribution in [0.5, 0.6) is 5.88 Å². The lowest BCUT2D eigenvalue weighted by molar-refractivity contribution is 0.232. The lowest BCUT2D eigenvalue weighted by atomic mass is 10.2. The number of ether oxygens (including phenoxy) is 1. The Balaban J connectivity index is 0.000000238. The molecule has 1 N–H and O–H groups in total. The largest absolute Gasteiger partial charge is 0.475 e. The van der Waals surface area contributed by atoms with Gasteiger partial charge < -0.3 is 9.72 Å². The van der Waals surface area contributed by atoms with Gasteiger partial charge in [0.25, 0.3) is 0 Å². The molecule has 2 rings (SSSR count). The molecule has 2 aromatic heterocycles. The van der Waals surface area contributed by atoms with Gasteiger partial charge in [0.15, 0.2) is 0 Å². The first-order valence-corrected chi connectivity index (χ1v) is 8.86. The number of halogens is 2. The van der Waals surface area contributed by atoms with E-state index in [0.717, 1.165) is 31.5 Å². The smallest absolute Gasteiger partial charge is 0.248 e. The van der Waals surface area contributed by atoms with Gasteiger partial charge in [-0.25, -0.2) is 4.98 Å². The van der Waals surface area contributed by atoms with Crippen LogP contribution < -0.4 is 10.3 Å². The van der Waals surface area contributed by atoms with Crippen LogP contribution in [0.15, 0.2) is 25.9 Å². The molecule has 0 aliphatic rings. The number of hydrogen-bond acceptors (Lipinski definition) is 3. The van der Waals surface area contributed by atoms with Crippen LogP contribution in [0, 0.1) is 27.7 Å². The minimum atomic E-state index is -0.0433. The quantitative estimate of drug-likeness (QED) is 0.707. The molecule has 23 heavy (non-hydrogen) atoms. The fourth-order valence-corrected chi connectivity index (χ4v) is 2.33. The summed E-state index contributed by atoms with van der Waals surface area (Å²) in [7, 11) is 0. The second kappa shape index (κ2) is 8.64. The summed E-state index contributed by atoms with van der Waals surface area (Å²) in [4.78, 5) is 17.8. The highest BCUT2D eigenvalue weighted by Gasteiger charge is 2.05. The summed E-state index contributed by atoms with van der Waals surface area (Å²) in [5.41, 5.74) is 3.93. The van der Waals surface area contributed by atoms with Crippen molar-refractivity contribution >= 4 is 31.9 Å². The SMILES string of the molecule is Cc1cc(=O)[nH]c(C)c1Br.Cc1cc(OC(C)C)nc(C)c1Br. The van der Waals surface area contributed by atoms with Crippen LogP contribution in [0.4, 0.5) is 0 Å². The van der Waals surface area contributed by atoms with Crippen molar-refractivity contribution in [3.8, 4) is 5.88 Å². The van der Waals surface area contributed by atoms with Crippen LogP contribution in [0.3, 0.4) is 0 Å². The van der Waals surface area contributed by atoms with E-state index in [1.807, 2.05) is 47.6 Å². The number of H-pyrrole nitrogens is 1. The highest BCUT2D eigenvalue weighted by molar-refractivity contribution is 9.10. The molecular weight excluding hydrogens is 424 g/mol. The molecule has 0 aliphatic heterocycles. The van der Waals surface area contributed by atoms with E-state index in [2.05, 4.69) is 41.8 Å². The van der Waals surface area contributed by atoms with Gasteiger partial charge in [-0.05, 0) is 84.5 Å². The Kier molecular flexibility index (Phi) is 7.48. The van der Waals surface area contributed by atoms with Crippen LogP contribution in [-0.4, -0.2) is 16.1 Å². The number of nitrogens with zero attached hydrogens (tertiary/aromatic N) is 1. The highest BCUT2D eigenvalue weighted by Crippen LogP contribution is 2.23. The first-order chi connectivity index (χ1) is 10.6. The molecule has 2 aromatic rings. The first-order valence-electron chi connectivity index (χ1n) is 7.28. The number of rotatable bonds is 2. The maximum Gasteiger partial charge on any atom is 0.248 e. The summed E-state index contributed by atoms with van der Waals surface area (Å²) in [5, 5.41) is 0. The molecule has 0 saturated heterocycles. The van der Waals surface area contributed by atoms with E-state index in [9.17, 15) is 4.79 Å². The Bertz CT molecular complexity index is 691. The van der Waals surface area contributed by atoms with Crippen LogP contribution >= 0.6 is 31.9 Å². The molecule has 0 radical (unpaired) electrons. The zero-order chi connectivity index (χ0) is 17.7. The summed E-state index contributed by atoms with van der Waals surface area (Å²) < 4.78 is 7.54. The van der Waals surface area contributed by atoms with Crippen LogP contribution in [0.2, 0.25) is 0 Å². The predicted molar refractivity (Wildman–Crippen MR) is 101 cm³/mol. The third-order valence-corrected chi connectivity index (χ3v) is 5.39. The van der Waals surface area contributed by atoms with E-state index < -0.39 is 0 Å². The Hall–Kier alpha value is -1.14. The average molecular weight is 446 g/mol. The van der Waals surface area contributed by atoms with Gasteiger partial charge in [0, 0.05) is 26.8 Å². The maximum atomic E-state index is 10.8. The third kappa shape index (κ3) is 6.11. The van der Waals surface area contributed by atoms with Gasteiger partial charge in [-0.3, -0.25) is 4.79 Å². The predicted octanol–water partition coefficient (Wildman–Crippen LogP) is 5.00. The van der Waals surface area contributed by atoms with Gasteiger partial charge in [-0.15, -0.1) is 0 Å². The van der Waals surface area contributed by atoms with E-state index >= 15 is 0 Å². The molecule has 0 atom stereocenters. The number of pyridine rings is 2. The van der Waals surface area contributed by atoms with Gasteiger partial charge >= 0.3 is 0 Å². The summed E-state index contributed by atoms with van der Waals surface area (Å²) in [6.07, 6.45) is 0.174. The minimum absolute atomic E-state index is 0.0433. The fourth-order valence-electron chi connectivity index (χ4n) is 1.91. The summed E-state index contributed by atoms with van der Waals surface area (Å²) in [6.45, 7) is 11.7. The van der Waals surface area contributed by atoms with Crippen molar-refractivity contribution in [2.45, 2.75) is 47.6 Å². The third-order valence-electron chi connectivity index (χ3n) is 2.97. The molecule has 0 unspecified atom stereocenters. The molecule has 126 valence electrons. The Morgan fingerprint density at radius 1 is 1.04 bits per heavy atom. The Morgan fingerprint density at radius 2 is 1.61 bits per heavy atom. The van der Waals surface area contributed by atoms with Crippen molar-refractivity contribution in [1.29, 1.82) is 0 Å². The van der Waals surface area contributed by atoms with Crippen molar-refractivity contribution in [3.05, 3.63) is 53.9 Å². The highest BCUT2D eigenvalue weighted by atomic mass is 79.9. The zero-order valence-corrected chi connectivity index (χ0v) is 17.4. The van der Waals surface area contributed by atoms with Gasteiger partial charge in [-0.2, -0.15) is 0 Å². The van der Waals surface area contributed by atoms with Gasteiger partial charge in [-0.1, -0.05) is 0 Å². The molecule has 0 saturated carbocycles. The van der Waals surface area contributed by atoms with Gasteiger partial charge in [0.05, 0.1) is 11.8 Å². The van der Waals surface area contributed by atoms with Crippen LogP contribution in [0.1, 0.15) is 36.4 Å². The van der Waals surface area contributed by atoms with Crippen molar-refractivity contribution in [2.75, 3.05) is 0 Å². The molecular formula is C17H22Br2N2O2. The zero-order valence-electron chi connectivity index (χ0n) is 14.3. The van der Waals surface area contributed by atoms with Crippen LogP contribution in [-0.2, 0) is 0 Å². The number of hydrogen-bond donors (Lipinski definition) is 1. The molecule has 0 aliphatic carbocycles. The Labute approximate surface area is 153 Å². The summed E-state index contributed by atoms with van der Waals surface area (Å²) in [5.74, 6) is 0.702. The monoisotopic (exact) mass is 444 g/mol. The maximum absolute atomic E-state index is 10.8. The molecule has 0 amide bonds. The lowest BCUT2D eigenvalue weighted by Gasteiger charge is -2.11. The molecule has 0 bridgehead atoms. The summed E-state index contributed by atoms with van der Waals surface area (Å²) >= 11 is 6.80. The number of aromatic amines is 1.